The van der Waals surface area contributed by atoms with E-state index in [0.717, 1.165) is 51.0 Å². The van der Waals surface area contributed by atoms with Crippen LogP contribution in [0.15, 0.2) is 78.9 Å². The number of carboxylic acid groups (broad SMARTS) is 1. The van der Waals surface area contributed by atoms with E-state index in [2.05, 4.69) is 4.98 Å². The zero-order valence-electron chi connectivity index (χ0n) is 17.4. The van der Waals surface area contributed by atoms with Crippen molar-refractivity contribution >= 4 is 34.1 Å². The summed E-state index contributed by atoms with van der Waals surface area (Å²) in [6.07, 6.45) is 3.11. The van der Waals surface area contributed by atoms with Crippen LogP contribution in [-0.2, 0) is 4.79 Å². The molecule has 0 radical (unpaired) electrons. The molecule has 0 atom stereocenters. The molecule has 0 bridgehead atoms. The van der Waals surface area contributed by atoms with Crippen LogP contribution in [0.3, 0.4) is 0 Å². The van der Waals surface area contributed by atoms with Gasteiger partial charge in [0.1, 0.15) is 11.6 Å². The largest absolute Gasteiger partial charge is 0.478 e. The summed E-state index contributed by atoms with van der Waals surface area (Å²) >= 11 is 0. The van der Waals surface area contributed by atoms with Gasteiger partial charge in [0.05, 0.1) is 0 Å². The second kappa shape index (κ2) is 9.02. The monoisotopic (exact) mass is 429 g/mol. The molecule has 1 heterocycles. The van der Waals surface area contributed by atoms with Crippen LogP contribution in [0.4, 0.5) is 8.78 Å². The maximum atomic E-state index is 14.8. The van der Waals surface area contributed by atoms with Crippen molar-refractivity contribution in [3.8, 4) is 0 Å². The van der Waals surface area contributed by atoms with Gasteiger partial charge in [0.15, 0.2) is 0 Å². The lowest BCUT2D eigenvalue weighted by atomic mass is 9.90. The van der Waals surface area contributed by atoms with Gasteiger partial charge < -0.3 is 10.1 Å². The van der Waals surface area contributed by atoms with Gasteiger partial charge in [-0.3, -0.25) is 0 Å². The average Bonchev–Trinajstić information content (AvgIpc) is 3.20. The molecule has 0 saturated carbocycles. The Kier molecular flexibility index (Phi) is 5.99. The SMILES string of the molecule is CC/C(=C(/c1ccc(/C=C/C(=O)O)cc1)c1cc2ccccc2[nH]1)c1ccc(F)cc1F. The molecule has 4 aromatic rings. The number of hydrogen-bond donors (Lipinski definition) is 2. The number of carboxylic acids is 1. The third-order valence-electron chi connectivity index (χ3n) is 5.33. The van der Waals surface area contributed by atoms with Gasteiger partial charge in [-0.2, -0.15) is 0 Å². The molecule has 32 heavy (non-hydrogen) atoms. The van der Waals surface area contributed by atoms with Crippen molar-refractivity contribution in [2.75, 3.05) is 0 Å². The quantitative estimate of drug-likeness (QED) is 0.258. The maximum absolute atomic E-state index is 14.8. The molecule has 160 valence electrons. The Morgan fingerprint density at radius 1 is 1.00 bits per heavy atom. The van der Waals surface area contributed by atoms with Crippen LogP contribution in [0.25, 0.3) is 28.1 Å². The van der Waals surface area contributed by atoms with Gasteiger partial charge >= 0.3 is 5.97 Å². The molecular weight excluding hydrogens is 408 g/mol. The van der Waals surface area contributed by atoms with E-state index in [1.54, 1.807) is 0 Å². The van der Waals surface area contributed by atoms with Gasteiger partial charge in [0.2, 0.25) is 0 Å². The zero-order chi connectivity index (χ0) is 22.7. The lowest BCUT2D eigenvalue weighted by Crippen LogP contribution is -1.98. The lowest BCUT2D eigenvalue weighted by molar-refractivity contribution is -0.131. The number of halogens is 2. The van der Waals surface area contributed by atoms with Crippen molar-refractivity contribution in [3.05, 3.63) is 113 Å². The summed E-state index contributed by atoms with van der Waals surface area (Å²) in [5.74, 6) is -2.26. The molecule has 4 rings (SSSR count). The number of aliphatic carboxylic acids is 1. The first-order valence-corrected chi connectivity index (χ1v) is 10.2. The fourth-order valence-electron chi connectivity index (χ4n) is 3.86. The summed E-state index contributed by atoms with van der Waals surface area (Å²) in [4.78, 5) is 14.2. The molecule has 0 amide bonds. The standard InChI is InChI=1S/C27H21F2NO2/c1-2-21(22-13-12-20(28)16-23(22)29)27(25-15-19-5-3-4-6-24(19)30-25)18-10-7-17(8-11-18)9-14-26(31)32/h3-16,30H,2H2,1H3,(H,31,32)/b14-9+,27-21+. The highest BCUT2D eigenvalue weighted by molar-refractivity contribution is 6.00. The Hall–Kier alpha value is -3.99. The van der Waals surface area contributed by atoms with Crippen molar-refractivity contribution in [1.29, 1.82) is 0 Å². The highest BCUT2D eigenvalue weighted by Gasteiger charge is 2.18. The molecule has 3 aromatic carbocycles. The number of aromatic nitrogens is 1. The first-order valence-electron chi connectivity index (χ1n) is 10.2. The summed E-state index contributed by atoms with van der Waals surface area (Å²) in [5, 5.41) is 9.88. The summed E-state index contributed by atoms with van der Waals surface area (Å²) in [6, 6.07) is 20.9. The molecule has 5 heteroatoms. The van der Waals surface area contributed by atoms with Crippen molar-refractivity contribution in [2.45, 2.75) is 13.3 Å². The van der Waals surface area contributed by atoms with E-state index < -0.39 is 17.6 Å². The maximum Gasteiger partial charge on any atom is 0.328 e. The van der Waals surface area contributed by atoms with E-state index in [0.29, 0.717) is 12.0 Å². The number of carbonyl (C=O) groups is 1. The minimum absolute atomic E-state index is 0.345. The molecule has 3 nitrogen and oxygen atoms in total. The fourth-order valence-corrected chi connectivity index (χ4v) is 3.86. The average molecular weight is 429 g/mol. The van der Waals surface area contributed by atoms with E-state index in [1.165, 1.54) is 18.2 Å². The number of hydrogen-bond acceptors (Lipinski definition) is 1. The Morgan fingerprint density at radius 3 is 2.41 bits per heavy atom. The normalized spacial score (nSPS) is 12.3. The molecular formula is C27H21F2NO2. The minimum atomic E-state index is -1.02. The molecule has 0 aliphatic rings. The molecule has 1 aromatic heterocycles. The second-order valence-corrected chi connectivity index (χ2v) is 7.40. The molecule has 0 spiro atoms. The van der Waals surface area contributed by atoms with Gasteiger partial charge in [-0.05, 0) is 53.5 Å². The van der Waals surface area contributed by atoms with E-state index in [4.69, 9.17) is 5.11 Å². The fraction of sp³-hybridized carbons (Fsp3) is 0.0741. The van der Waals surface area contributed by atoms with Crippen molar-refractivity contribution in [1.82, 2.24) is 4.98 Å². The number of fused-ring (bicyclic) bond motifs is 1. The van der Waals surface area contributed by atoms with Crippen LogP contribution in [0.2, 0.25) is 0 Å². The molecule has 0 fully saturated rings. The molecule has 2 N–H and O–H groups in total. The van der Waals surface area contributed by atoms with Crippen LogP contribution < -0.4 is 0 Å². The summed E-state index contributed by atoms with van der Waals surface area (Å²) < 4.78 is 28.3. The van der Waals surface area contributed by atoms with Gasteiger partial charge in [0, 0.05) is 39.9 Å². The van der Waals surface area contributed by atoms with Gasteiger partial charge in [-0.1, -0.05) is 49.4 Å². The van der Waals surface area contributed by atoms with Gasteiger partial charge in [-0.25, -0.2) is 13.6 Å². The first kappa shape index (κ1) is 21.2. The predicted octanol–water partition coefficient (Wildman–Crippen LogP) is 6.91. The van der Waals surface area contributed by atoms with Crippen LogP contribution >= 0.6 is 0 Å². The van der Waals surface area contributed by atoms with Crippen LogP contribution in [0, 0.1) is 11.6 Å². The molecule has 0 aliphatic heterocycles. The number of allylic oxidation sites excluding steroid dienone is 1. The first-order chi connectivity index (χ1) is 15.5. The molecule has 0 aliphatic carbocycles. The Balaban J connectivity index is 1.93. The van der Waals surface area contributed by atoms with E-state index >= 15 is 0 Å². The number of rotatable bonds is 6. The Bertz CT molecular complexity index is 1310. The predicted molar refractivity (Wildman–Crippen MR) is 124 cm³/mol. The third-order valence-corrected chi connectivity index (χ3v) is 5.33. The molecule has 0 saturated heterocycles. The van der Waals surface area contributed by atoms with E-state index in [9.17, 15) is 13.6 Å². The van der Waals surface area contributed by atoms with Gasteiger partial charge in [-0.15, -0.1) is 0 Å². The van der Waals surface area contributed by atoms with Crippen LogP contribution in [0.1, 0.15) is 35.7 Å². The number of H-pyrrole nitrogens is 1. The van der Waals surface area contributed by atoms with Crippen molar-refractivity contribution in [3.63, 3.8) is 0 Å². The van der Waals surface area contributed by atoms with Gasteiger partial charge in [0.25, 0.3) is 0 Å². The molecule has 0 unspecified atom stereocenters. The van der Waals surface area contributed by atoms with Crippen molar-refractivity contribution in [2.24, 2.45) is 0 Å². The van der Waals surface area contributed by atoms with Crippen molar-refractivity contribution < 1.29 is 18.7 Å². The van der Waals surface area contributed by atoms with Crippen LogP contribution in [0.5, 0.6) is 0 Å². The second-order valence-electron chi connectivity index (χ2n) is 7.40. The minimum Gasteiger partial charge on any atom is -0.478 e. The topological polar surface area (TPSA) is 53.1 Å². The Morgan fingerprint density at radius 2 is 1.75 bits per heavy atom. The number of para-hydroxylation sites is 1. The van der Waals surface area contributed by atoms with E-state index in [-0.39, 0.29) is 0 Å². The zero-order valence-corrected chi connectivity index (χ0v) is 17.4. The van der Waals surface area contributed by atoms with Crippen LogP contribution in [-0.4, -0.2) is 16.1 Å². The number of benzene rings is 3. The summed E-state index contributed by atoms with van der Waals surface area (Å²) in [5.41, 5.74) is 5.24. The number of nitrogens with one attached hydrogen (secondary N) is 1. The third kappa shape index (κ3) is 4.37. The van der Waals surface area contributed by atoms with E-state index in [1.807, 2.05) is 61.5 Å². The highest BCUT2D eigenvalue weighted by atomic mass is 19.1. The lowest BCUT2D eigenvalue weighted by Gasteiger charge is -2.16. The summed E-state index contributed by atoms with van der Waals surface area (Å²) in [7, 11) is 0. The smallest absolute Gasteiger partial charge is 0.328 e. The number of aromatic amines is 1. The highest BCUT2D eigenvalue weighted by Crippen LogP contribution is 2.36. The summed E-state index contributed by atoms with van der Waals surface area (Å²) in [6.45, 7) is 1.94. The Labute approximate surface area is 184 Å².